The van der Waals surface area contributed by atoms with Crippen molar-refractivity contribution in [2.24, 2.45) is 0 Å². The SMILES string of the molecule is C=CCOc1ccccc1C(=O)NNC(=O)c1ccc(OCCCCCC)c(Br)c1. The molecule has 0 aliphatic heterocycles. The van der Waals surface area contributed by atoms with E-state index in [-0.39, 0.29) is 6.61 Å². The molecule has 2 N–H and O–H groups in total. The molecule has 0 spiro atoms. The van der Waals surface area contributed by atoms with Crippen molar-refractivity contribution in [2.75, 3.05) is 13.2 Å². The lowest BCUT2D eigenvalue weighted by atomic mass is 10.2. The van der Waals surface area contributed by atoms with Crippen LogP contribution in [-0.4, -0.2) is 25.0 Å². The van der Waals surface area contributed by atoms with Gasteiger partial charge in [0.2, 0.25) is 0 Å². The van der Waals surface area contributed by atoms with Gasteiger partial charge in [-0.2, -0.15) is 0 Å². The number of carbonyl (C=O) groups excluding carboxylic acids is 2. The Balaban J connectivity index is 1.91. The molecule has 7 heteroatoms. The molecule has 0 aliphatic rings. The van der Waals surface area contributed by atoms with Crippen LogP contribution in [0, 0.1) is 0 Å². The van der Waals surface area contributed by atoms with E-state index in [4.69, 9.17) is 9.47 Å². The zero-order chi connectivity index (χ0) is 21.8. The van der Waals surface area contributed by atoms with Crippen LogP contribution >= 0.6 is 15.9 Å². The van der Waals surface area contributed by atoms with Gasteiger partial charge in [-0.25, -0.2) is 0 Å². The Morgan fingerprint density at radius 2 is 1.77 bits per heavy atom. The van der Waals surface area contributed by atoms with Crippen LogP contribution in [0.3, 0.4) is 0 Å². The molecule has 2 aromatic carbocycles. The average molecular weight is 475 g/mol. The highest BCUT2D eigenvalue weighted by atomic mass is 79.9. The molecule has 0 radical (unpaired) electrons. The molecule has 0 fully saturated rings. The number of halogens is 1. The number of hydrogen-bond acceptors (Lipinski definition) is 4. The molecule has 2 amide bonds. The van der Waals surface area contributed by atoms with Crippen molar-refractivity contribution in [1.29, 1.82) is 0 Å². The lowest BCUT2D eigenvalue weighted by molar-refractivity contribution is 0.0844. The highest BCUT2D eigenvalue weighted by Crippen LogP contribution is 2.26. The number of amides is 2. The third-order valence-corrected chi connectivity index (χ3v) is 4.85. The van der Waals surface area contributed by atoms with Crippen molar-refractivity contribution >= 4 is 27.7 Å². The maximum atomic E-state index is 12.4. The summed E-state index contributed by atoms with van der Waals surface area (Å²) < 4.78 is 11.9. The number of rotatable bonds is 11. The van der Waals surface area contributed by atoms with Crippen LogP contribution < -0.4 is 20.3 Å². The predicted molar refractivity (Wildman–Crippen MR) is 121 cm³/mol. The zero-order valence-electron chi connectivity index (χ0n) is 17.1. The van der Waals surface area contributed by atoms with Crippen LogP contribution in [0.5, 0.6) is 11.5 Å². The summed E-state index contributed by atoms with van der Waals surface area (Å²) in [4.78, 5) is 24.8. The Kier molecular flexibility index (Phi) is 9.94. The van der Waals surface area contributed by atoms with E-state index in [9.17, 15) is 9.59 Å². The summed E-state index contributed by atoms with van der Waals surface area (Å²) in [5.41, 5.74) is 5.53. The Morgan fingerprint density at radius 1 is 1.00 bits per heavy atom. The van der Waals surface area contributed by atoms with Gasteiger partial charge in [0.15, 0.2) is 0 Å². The van der Waals surface area contributed by atoms with E-state index in [1.54, 1.807) is 48.5 Å². The van der Waals surface area contributed by atoms with Crippen molar-refractivity contribution in [1.82, 2.24) is 10.9 Å². The van der Waals surface area contributed by atoms with Gasteiger partial charge < -0.3 is 9.47 Å². The first-order chi connectivity index (χ1) is 14.6. The quantitative estimate of drug-likeness (QED) is 0.271. The Labute approximate surface area is 185 Å². The first-order valence-electron chi connectivity index (χ1n) is 9.92. The predicted octanol–water partition coefficient (Wildman–Crippen LogP) is 5.05. The second-order valence-corrected chi connectivity index (χ2v) is 7.41. The molecule has 0 saturated heterocycles. The maximum absolute atomic E-state index is 12.4. The molecule has 0 aliphatic carbocycles. The van der Waals surface area contributed by atoms with Crippen molar-refractivity contribution < 1.29 is 19.1 Å². The van der Waals surface area contributed by atoms with Crippen molar-refractivity contribution in [3.63, 3.8) is 0 Å². The maximum Gasteiger partial charge on any atom is 0.273 e. The number of carbonyl (C=O) groups is 2. The van der Waals surface area contributed by atoms with Gasteiger partial charge in [0.05, 0.1) is 16.6 Å². The third kappa shape index (κ3) is 7.22. The fourth-order valence-corrected chi connectivity index (χ4v) is 3.15. The summed E-state index contributed by atoms with van der Waals surface area (Å²) in [5, 5.41) is 0. The van der Waals surface area contributed by atoms with E-state index < -0.39 is 11.8 Å². The summed E-state index contributed by atoms with van der Waals surface area (Å²) in [6.07, 6.45) is 6.09. The van der Waals surface area contributed by atoms with Crippen LogP contribution in [0.1, 0.15) is 53.3 Å². The van der Waals surface area contributed by atoms with Gasteiger partial charge in [-0.15, -0.1) is 0 Å². The van der Waals surface area contributed by atoms with Crippen LogP contribution in [0.4, 0.5) is 0 Å². The Bertz CT molecular complexity index is 870. The molecule has 0 saturated carbocycles. The number of unbranched alkanes of at least 4 members (excludes halogenated alkanes) is 3. The second kappa shape index (κ2) is 12.7. The molecule has 0 heterocycles. The fourth-order valence-electron chi connectivity index (χ4n) is 2.65. The highest BCUT2D eigenvalue weighted by Gasteiger charge is 2.14. The summed E-state index contributed by atoms with van der Waals surface area (Å²) in [6.45, 7) is 6.66. The minimum absolute atomic E-state index is 0.275. The van der Waals surface area contributed by atoms with Crippen molar-refractivity contribution in [2.45, 2.75) is 32.6 Å². The number of nitrogens with one attached hydrogen (secondary N) is 2. The molecular weight excluding hydrogens is 448 g/mol. The molecule has 0 aromatic heterocycles. The molecule has 2 aromatic rings. The monoisotopic (exact) mass is 474 g/mol. The number of benzene rings is 2. The first kappa shape index (κ1) is 23.5. The number of hydrogen-bond donors (Lipinski definition) is 2. The molecule has 0 unspecified atom stereocenters. The van der Waals surface area contributed by atoms with E-state index in [0.29, 0.717) is 33.7 Å². The van der Waals surface area contributed by atoms with E-state index in [2.05, 4.69) is 40.3 Å². The molecule has 6 nitrogen and oxygen atoms in total. The summed E-state index contributed by atoms with van der Waals surface area (Å²) in [5.74, 6) is 0.171. The lowest BCUT2D eigenvalue weighted by Gasteiger charge is -2.12. The topological polar surface area (TPSA) is 76.7 Å². The number of ether oxygens (including phenoxy) is 2. The minimum Gasteiger partial charge on any atom is -0.492 e. The lowest BCUT2D eigenvalue weighted by Crippen LogP contribution is -2.41. The van der Waals surface area contributed by atoms with Gasteiger partial charge in [0, 0.05) is 5.56 Å². The molecule has 30 heavy (non-hydrogen) atoms. The van der Waals surface area contributed by atoms with Gasteiger partial charge >= 0.3 is 0 Å². The van der Waals surface area contributed by atoms with E-state index in [1.807, 2.05) is 0 Å². The fraction of sp³-hybridized carbons (Fsp3) is 0.304. The highest BCUT2D eigenvalue weighted by molar-refractivity contribution is 9.10. The Morgan fingerprint density at radius 3 is 2.50 bits per heavy atom. The summed E-state index contributed by atoms with van der Waals surface area (Å²) in [7, 11) is 0. The molecule has 0 atom stereocenters. The average Bonchev–Trinajstić information content (AvgIpc) is 2.76. The first-order valence-corrected chi connectivity index (χ1v) is 10.7. The van der Waals surface area contributed by atoms with Gasteiger partial charge in [-0.1, -0.05) is 51.0 Å². The number of hydrazine groups is 1. The summed E-state index contributed by atoms with van der Waals surface area (Å²) in [6, 6.07) is 11.8. The van der Waals surface area contributed by atoms with E-state index >= 15 is 0 Å². The largest absolute Gasteiger partial charge is 0.492 e. The van der Waals surface area contributed by atoms with Gasteiger partial charge in [-0.3, -0.25) is 20.4 Å². The van der Waals surface area contributed by atoms with Gasteiger partial charge in [0.1, 0.15) is 18.1 Å². The molecule has 0 bridgehead atoms. The van der Waals surface area contributed by atoms with E-state index in [1.165, 1.54) is 12.8 Å². The van der Waals surface area contributed by atoms with E-state index in [0.717, 1.165) is 12.8 Å². The third-order valence-electron chi connectivity index (χ3n) is 4.23. The van der Waals surface area contributed by atoms with Crippen LogP contribution in [0.2, 0.25) is 0 Å². The Hall–Kier alpha value is -2.80. The molecule has 160 valence electrons. The van der Waals surface area contributed by atoms with Crippen LogP contribution in [0.15, 0.2) is 59.6 Å². The van der Waals surface area contributed by atoms with Crippen LogP contribution in [-0.2, 0) is 0 Å². The van der Waals surface area contributed by atoms with Gasteiger partial charge in [0.25, 0.3) is 11.8 Å². The van der Waals surface area contributed by atoms with Crippen LogP contribution in [0.25, 0.3) is 0 Å². The van der Waals surface area contributed by atoms with Gasteiger partial charge in [-0.05, 0) is 52.7 Å². The molecular formula is C23H27BrN2O4. The van der Waals surface area contributed by atoms with Crippen molar-refractivity contribution in [3.8, 4) is 11.5 Å². The smallest absolute Gasteiger partial charge is 0.273 e. The normalized spacial score (nSPS) is 10.2. The molecule has 2 rings (SSSR count). The summed E-state index contributed by atoms with van der Waals surface area (Å²) >= 11 is 3.43. The second-order valence-electron chi connectivity index (χ2n) is 6.56. The van der Waals surface area contributed by atoms with Crippen molar-refractivity contribution in [3.05, 3.63) is 70.7 Å². The minimum atomic E-state index is -0.478. The zero-order valence-corrected chi connectivity index (χ0v) is 18.7. The standard InChI is InChI=1S/C23H27BrN2O4/c1-3-5-6-9-15-30-21-13-12-17(16-19(21)24)22(27)25-26-23(28)18-10-7-8-11-20(18)29-14-4-2/h4,7-8,10-13,16H,2-3,5-6,9,14-15H2,1H3,(H,25,27)(H,26,28). The number of para-hydroxylation sites is 1.